The number of halogens is 1. The third-order valence-corrected chi connectivity index (χ3v) is 4.88. The second-order valence-corrected chi connectivity index (χ2v) is 7.57. The van der Waals surface area contributed by atoms with Crippen molar-refractivity contribution in [2.75, 3.05) is 40.1 Å². The molecule has 10 heteroatoms. The van der Waals surface area contributed by atoms with E-state index in [0.29, 0.717) is 29.9 Å². The molecular formula is C22H28FN7O2. The van der Waals surface area contributed by atoms with Crippen LogP contribution in [0.3, 0.4) is 0 Å². The Bertz CT molecular complexity index is 1050. The number of nitrogens with one attached hydrogen (secondary N) is 2. The fourth-order valence-corrected chi connectivity index (χ4v) is 3.07. The van der Waals surface area contributed by atoms with Crippen LogP contribution in [0.1, 0.15) is 21.5 Å². The van der Waals surface area contributed by atoms with Gasteiger partial charge in [0.15, 0.2) is 11.6 Å². The fourth-order valence-electron chi connectivity index (χ4n) is 3.07. The zero-order chi connectivity index (χ0) is 23.1. The molecule has 0 saturated carbocycles. The number of nitrogens with zero attached hydrogens (tertiary/aromatic N) is 5. The molecule has 0 aliphatic carbocycles. The maximum Gasteiger partial charge on any atom is 0.251 e. The first kappa shape index (κ1) is 23.1. The minimum absolute atomic E-state index is 0.0445. The number of likely N-dealkylation sites (N-methyl/N-ethyl adjacent to an activating group) is 1. The van der Waals surface area contributed by atoms with Gasteiger partial charge >= 0.3 is 0 Å². The summed E-state index contributed by atoms with van der Waals surface area (Å²) < 4.78 is 21.6. The molecule has 0 fully saturated rings. The van der Waals surface area contributed by atoms with E-state index in [4.69, 9.17) is 4.74 Å². The van der Waals surface area contributed by atoms with E-state index in [1.54, 1.807) is 24.7 Å². The van der Waals surface area contributed by atoms with Crippen LogP contribution in [-0.2, 0) is 19.4 Å². The highest BCUT2D eigenvalue weighted by Crippen LogP contribution is 2.24. The van der Waals surface area contributed by atoms with Gasteiger partial charge in [-0.05, 0) is 50.2 Å². The summed E-state index contributed by atoms with van der Waals surface area (Å²) in [4.78, 5) is 22.7. The lowest BCUT2D eigenvalue weighted by Gasteiger charge is -2.11. The number of benzene rings is 1. The molecule has 1 amide bonds. The Balaban J connectivity index is 1.62. The van der Waals surface area contributed by atoms with Crippen molar-refractivity contribution in [1.29, 1.82) is 0 Å². The van der Waals surface area contributed by atoms with Crippen molar-refractivity contribution in [2.24, 2.45) is 0 Å². The van der Waals surface area contributed by atoms with Crippen LogP contribution in [0.25, 0.3) is 0 Å². The van der Waals surface area contributed by atoms with Gasteiger partial charge in [-0.3, -0.25) is 9.48 Å². The van der Waals surface area contributed by atoms with Crippen LogP contribution in [0.2, 0.25) is 0 Å². The summed E-state index contributed by atoms with van der Waals surface area (Å²) in [6.07, 6.45) is 7.91. The number of hydrogen-bond acceptors (Lipinski definition) is 7. The number of ether oxygens (including phenoxy) is 1. The highest BCUT2D eigenvalue weighted by atomic mass is 19.1. The maximum absolute atomic E-state index is 14.6. The summed E-state index contributed by atoms with van der Waals surface area (Å²) in [7, 11) is 6.93. The van der Waals surface area contributed by atoms with Gasteiger partial charge in [-0.15, -0.1) is 0 Å². The number of amides is 1. The fraction of sp³-hybridized carbons (Fsp3) is 0.364. The third kappa shape index (κ3) is 6.01. The molecule has 0 atom stereocenters. The third-order valence-electron chi connectivity index (χ3n) is 4.88. The van der Waals surface area contributed by atoms with Gasteiger partial charge in [0.2, 0.25) is 5.95 Å². The van der Waals surface area contributed by atoms with Crippen molar-refractivity contribution in [3.63, 3.8) is 0 Å². The van der Waals surface area contributed by atoms with E-state index in [2.05, 4.69) is 30.6 Å². The van der Waals surface area contributed by atoms with Crippen molar-refractivity contribution in [2.45, 2.75) is 19.4 Å². The Kier molecular flexibility index (Phi) is 7.72. The number of carbonyl (C=O) groups excluding carboxylic acids is 1. The smallest absolute Gasteiger partial charge is 0.251 e. The molecule has 0 radical (unpaired) electrons. The standard InChI is InChI=1S/C22H28FN7O2/c1-24-21(31)17-9-16(20(23)19(10-17)32-4)6-5-15-11-25-22(26-12-15)28-18-13-27-30(14-18)8-7-29(2)3/h9-14H,5-8H2,1-4H3,(H,24,31)(H,25,26,28). The molecule has 9 nitrogen and oxygen atoms in total. The molecule has 0 saturated heterocycles. The van der Waals surface area contributed by atoms with Crippen molar-refractivity contribution < 1.29 is 13.9 Å². The first-order valence-electron chi connectivity index (χ1n) is 10.2. The molecule has 32 heavy (non-hydrogen) atoms. The Labute approximate surface area is 186 Å². The number of rotatable bonds is 10. The Hall–Kier alpha value is -3.53. The lowest BCUT2D eigenvalue weighted by molar-refractivity contribution is 0.0962. The molecule has 0 bridgehead atoms. The molecule has 2 N–H and O–H groups in total. The molecule has 0 spiro atoms. The lowest BCUT2D eigenvalue weighted by atomic mass is 10.0. The summed E-state index contributed by atoms with van der Waals surface area (Å²) in [5.41, 5.74) is 2.40. The lowest BCUT2D eigenvalue weighted by Crippen LogP contribution is -2.18. The van der Waals surface area contributed by atoms with E-state index in [-0.39, 0.29) is 11.7 Å². The van der Waals surface area contributed by atoms with E-state index in [1.807, 2.05) is 25.0 Å². The van der Waals surface area contributed by atoms with Gasteiger partial charge in [-0.2, -0.15) is 5.10 Å². The molecule has 2 heterocycles. The van der Waals surface area contributed by atoms with Crippen LogP contribution >= 0.6 is 0 Å². The van der Waals surface area contributed by atoms with Gasteiger partial charge in [-0.25, -0.2) is 14.4 Å². The van der Waals surface area contributed by atoms with Gasteiger partial charge < -0.3 is 20.3 Å². The average molecular weight is 442 g/mol. The monoisotopic (exact) mass is 441 g/mol. The second kappa shape index (κ2) is 10.7. The summed E-state index contributed by atoms with van der Waals surface area (Å²) in [6.45, 7) is 1.68. The van der Waals surface area contributed by atoms with Crippen LogP contribution < -0.4 is 15.4 Å². The average Bonchev–Trinajstić information content (AvgIpc) is 3.24. The minimum Gasteiger partial charge on any atom is -0.494 e. The van der Waals surface area contributed by atoms with Gasteiger partial charge in [0.1, 0.15) is 0 Å². The molecular weight excluding hydrogens is 413 g/mol. The van der Waals surface area contributed by atoms with E-state index >= 15 is 0 Å². The van der Waals surface area contributed by atoms with Gasteiger partial charge in [0.25, 0.3) is 5.91 Å². The molecule has 2 aromatic heterocycles. The number of anilines is 2. The molecule has 1 aromatic carbocycles. The minimum atomic E-state index is -0.467. The van der Waals surface area contributed by atoms with Crippen molar-refractivity contribution >= 4 is 17.5 Å². The zero-order valence-corrected chi connectivity index (χ0v) is 18.7. The number of methoxy groups -OCH3 is 1. The van der Waals surface area contributed by atoms with E-state index in [9.17, 15) is 9.18 Å². The van der Waals surface area contributed by atoms with E-state index in [0.717, 1.165) is 24.3 Å². The summed E-state index contributed by atoms with van der Waals surface area (Å²) >= 11 is 0. The largest absolute Gasteiger partial charge is 0.494 e. The van der Waals surface area contributed by atoms with Gasteiger partial charge in [0.05, 0.1) is 25.5 Å². The first-order valence-corrected chi connectivity index (χ1v) is 10.2. The normalized spacial score (nSPS) is 10.9. The first-order chi connectivity index (χ1) is 15.4. The number of aromatic nitrogens is 4. The maximum atomic E-state index is 14.6. The van der Waals surface area contributed by atoms with Crippen LogP contribution in [0.5, 0.6) is 5.75 Å². The Morgan fingerprint density at radius 3 is 2.59 bits per heavy atom. The summed E-state index contributed by atoms with van der Waals surface area (Å²) in [5, 5.41) is 9.97. The van der Waals surface area contributed by atoms with E-state index in [1.165, 1.54) is 20.2 Å². The highest BCUT2D eigenvalue weighted by Gasteiger charge is 2.15. The quantitative estimate of drug-likeness (QED) is 0.498. The Morgan fingerprint density at radius 2 is 1.94 bits per heavy atom. The number of hydrogen-bond donors (Lipinski definition) is 2. The Morgan fingerprint density at radius 1 is 1.19 bits per heavy atom. The molecule has 3 aromatic rings. The van der Waals surface area contributed by atoms with Crippen LogP contribution in [0.15, 0.2) is 36.9 Å². The molecule has 0 unspecified atom stereocenters. The van der Waals surface area contributed by atoms with E-state index < -0.39 is 5.82 Å². The van der Waals surface area contributed by atoms with Gasteiger partial charge in [-0.1, -0.05) is 0 Å². The summed E-state index contributed by atoms with van der Waals surface area (Å²) in [6, 6.07) is 2.94. The molecule has 3 rings (SSSR count). The predicted molar refractivity (Wildman–Crippen MR) is 120 cm³/mol. The topological polar surface area (TPSA) is 97.2 Å². The van der Waals surface area contributed by atoms with Crippen molar-refractivity contribution in [1.82, 2.24) is 30.0 Å². The van der Waals surface area contributed by atoms with Crippen molar-refractivity contribution in [3.8, 4) is 5.75 Å². The summed E-state index contributed by atoms with van der Waals surface area (Å²) in [5.74, 6) is -0.266. The molecule has 0 aliphatic heterocycles. The second-order valence-electron chi connectivity index (χ2n) is 7.57. The predicted octanol–water partition coefficient (Wildman–Crippen LogP) is 2.27. The number of carbonyl (C=O) groups is 1. The van der Waals surface area contributed by atoms with Crippen LogP contribution in [0.4, 0.5) is 16.0 Å². The van der Waals surface area contributed by atoms with Crippen LogP contribution in [0, 0.1) is 5.82 Å². The molecule has 170 valence electrons. The highest BCUT2D eigenvalue weighted by molar-refractivity contribution is 5.94. The van der Waals surface area contributed by atoms with Crippen molar-refractivity contribution in [3.05, 3.63) is 59.4 Å². The van der Waals surface area contributed by atoms with Crippen LogP contribution in [-0.4, -0.2) is 65.4 Å². The zero-order valence-electron chi connectivity index (χ0n) is 18.7. The number of aryl methyl sites for hydroxylation is 2. The van der Waals surface area contributed by atoms with Gasteiger partial charge in [0, 0.05) is 37.7 Å². The molecule has 0 aliphatic rings. The SMILES string of the molecule is CNC(=O)c1cc(CCc2cnc(Nc3cnn(CCN(C)C)c3)nc2)c(F)c(OC)c1.